The molecule has 250 valence electrons. The molecule has 1 aromatic heterocycles. The Hall–Kier alpha value is -6.49. The van der Waals surface area contributed by atoms with Crippen molar-refractivity contribution in [2.75, 3.05) is 0 Å². The van der Waals surface area contributed by atoms with E-state index in [-0.39, 0.29) is 0 Å². The van der Waals surface area contributed by atoms with Crippen molar-refractivity contribution in [2.24, 2.45) is 0 Å². The third-order valence-corrected chi connectivity index (χ3v) is 14.4. The smallest absolute Gasteiger partial charge is 0.164 e. The molecule has 0 bridgehead atoms. The Morgan fingerprint density at radius 2 is 0.830 bits per heavy atom. The first kappa shape index (κ1) is 31.3. The molecular weight excluding hydrogens is 659 g/mol. The minimum Gasteiger partial charge on any atom is -0.208 e. The quantitative estimate of drug-likeness (QED) is 0.168. The normalized spacial score (nSPS) is 12.9. The molecule has 0 spiro atoms. The summed E-state index contributed by atoms with van der Waals surface area (Å²) in [7, 11) is -1.94. The molecule has 0 saturated carbocycles. The molecule has 0 aliphatic carbocycles. The summed E-state index contributed by atoms with van der Waals surface area (Å²) < 4.78 is 0. The summed E-state index contributed by atoms with van der Waals surface area (Å²) in [5.41, 5.74) is 10.2. The van der Waals surface area contributed by atoms with Crippen molar-refractivity contribution >= 4 is 40.0 Å². The van der Waals surface area contributed by atoms with Crippen LogP contribution in [0.15, 0.2) is 176 Å². The van der Waals surface area contributed by atoms with E-state index in [1.54, 1.807) is 0 Å². The molecule has 1 aliphatic heterocycles. The standard InChI is InChI=1S/C49H35N3Si/c1-53(2)45-27-25-41(31-44(45)43-26-24-34-16-9-10-19-42(34)46(43)53)49-51-47(39-18-11-17-35(29-39)32-12-5-3-6-13-32)50-48(52-49)40-23-22-37-28-36(20-21-38(37)30-40)33-14-7-4-8-15-33/h3-31H,1-2H3. The Labute approximate surface area is 310 Å². The first-order valence-electron chi connectivity index (χ1n) is 18.2. The predicted octanol–water partition coefficient (Wildman–Crippen LogP) is 11.3. The van der Waals surface area contributed by atoms with Gasteiger partial charge in [-0.2, -0.15) is 0 Å². The van der Waals surface area contributed by atoms with Crippen LogP contribution in [0.25, 0.3) is 89.1 Å². The summed E-state index contributed by atoms with van der Waals surface area (Å²) in [5, 5.41) is 7.97. The zero-order valence-corrected chi connectivity index (χ0v) is 30.6. The zero-order valence-electron chi connectivity index (χ0n) is 29.6. The van der Waals surface area contributed by atoms with Gasteiger partial charge in [0.1, 0.15) is 8.07 Å². The van der Waals surface area contributed by atoms with Gasteiger partial charge >= 0.3 is 0 Å². The zero-order chi connectivity index (χ0) is 35.5. The number of hydrogen-bond donors (Lipinski definition) is 0. The van der Waals surface area contributed by atoms with Gasteiger partial charge in [-0.25, -0.2) is 15.0 Å². The molecule has 10 rings (SSSR count). The first-order chi connectivity index (χ1) is 26.0. The largest absolute Gasteiger partial charge is 0.208 e. The fourth-order valence-electron chi connectivity index (χ4n) is 8.18. The van der Waals surface area contributed by atoms with Crippen LogP contribution in [-0.4, -0.2) is 23.0 Å². The lowest BCUT2D eigenvalue weighted by Gasteiger charge is -2.20. The molecule has 0 fully saturated rings. The second-order valence-electron chi connectivity index (χ2n) is 14.5. The highest BCUT2D eigenvalue weighted by Gasteiger charge is 2.39. The van der Waals surface area contributed by atoms with Gasteiger partial charge in [0.25, 0.3) is 0 Å². The number of rotatable bonds is 5. The molecule has 0 N–H and O–H groups in total. The number of hydrogen-bond acceptors (Lipinski definition) is 3. The van der Waals surface area contributed by atoms with Crippen LogP contribution < -0.4 is 10.4 Å². The SMILES string of the molecule is C[Si]1(C)c2ccc(-c3nc(-c4cccc(-c5ccccc5)c4)nc(-c4ccc5cc(-c6ccccc6)ccc5c4)n3)cc2-c2ccc3ccccc3c21. The second kappa shape index (κ2) is 12.3. The van der Waals surface area contributed by atoms with E-state index in [2.05, 4.69) is 183 Å². The minimum atomic E-state index is -1.94. The summed E-state index contributed by atoms with van der Waals surface area (Å²) in [6, 6.07) is 62.9. The van der Waals surface area contributed by atoms with Crippen molar-refractivity contribution in [3.05, 3.63) is 176 Å². The van der Waals surface area contributed by atoms with Crippen molar-refractivity contribution in [1.29, 1.82) is 0 Å². The van der Waals surface area contributed by atoms with E-state index < -0.39 is 8.07 Å². The average molecular weight is 694 g/mol. The molecule has 0 unspecified atom stereocenters. The van der Waals surface area contributed by atoms with Crippen molar-refractivity contribution in [1.82, 2.24) is 15.0 Å². The summed E-state index contributed by atoms with van der Waals surface area (Å²) in [5.74, 6) is 1.99. The van der Waals surface area contributed by atoms with Gasteiger partial charge in [-0.05, 0) is 89.6 Å². The Morgan fingerprint density at radius 3 is 1.53 bits per heavy atom. The van der Waals surface area contributed by atoms with E-state index >= 15 is 0 Å². The molecule has 0 radical (unpaired) electrons. The molecule has 53 heavy (non-hydrogen) atoms. The van der Waals surface area contributed by atoms with Crippen molar-refractivity contribution < 1.29 is 0 Å². The number of nitrogens with zero attached hydrogens (tertiary/aromatic N) is 3. The molecular formula is C49H35N3Si. The van der Waals surface area contributed by atoms with Crippen molar-refractivity contribution in [2.45, 2.75) is 13.1 Å². The van der Waals surface area contributed by atoms with Gasteiger partial charge in [-0.15, -0.1) is 0 Å². The van der Waals surface area contributed by atoms with Gasteiger partial charge in [0.15, 0.2) is 17.5 Å². The van der Waals surface area contributed by atoms with E-state index in [0.29, 0.717) is 17.5 Å². The molecule has 0 saturated heterocycles. The molecule has 0 amide bonds. The lowest BCUT2D eigenvalue weighted by molar-refractivity contribution is 1.07. The first-order valence-corrected chi connectivity index (χ1v) is 21.2. The lowest BCUT2D eigenvalue weighted by atomic mass is 9.99. The number of aromatic nitrogens is 3. The van der Waals surface area contributed by atoms with E-state index in [4.69, 9.17) is 15.0 Å². The fourth-order valence-corrected chi connectivity index (χ4v) is 11.6. The predicted molar refractivity (Wildman–Crippen MR) is 224 cm³/mol. The molecule has 0 atom stereocenters. The van der Waals surface area contributed by atoms with Crippen LogP contribution in [-0.2, 0) is 0 Å². The highest BCUT2D eigenvalue weighted by molar-refractivity contribution is 7.05. The van der Waals surface area contributed by atoms with Gasteiger partial charge in [-0.1, -0.05) is 165 Å². The Morgan fingerprint density at radius 1 is 0.340 bits per heavy atom. The molecule has 8 aromatic carbocycles. The van der Waals surface area contributed by atoms with Crippen LogP contribution in [0, 0.1) is 0 Å². The summed E-state index contributed by atoms with van der Waals surface area (Å²) in [6.07, 6.45) is 0. The van der Waals surface area contributed by atoms with Crippen LogP contribution >= 0.6 is 0 Å². The van der Waals surface area contributed by atoms with Gasteiger partial charge in [0.05, 0.1) is 0 Å². The summed E-state index contributed by atoms with van der Waals surface area (Å²) in [4.78, 5) is 15.6. The van der Waals surface area contributed by atoms with Crippen LogP contribution in [0.4, 0.5) is 0 Å². The van der Waals surface area contributed by atoms with Crippen molar-refractivity contribution in [3.63, 3.8) is 0 Å². The highest BCUT2D eigenvalue weighted by atomic mass is 28.3. The Kier molecular flexibility index (Phi) is 7.27. The maximum absolute atomic E-state index is 5.21. The van der Waals surface area contributed by atoms with Crippen molar-refractivity contribution in [3.8, 4) is 67.5 Å². The van der Waals surface area contributed by atoms with Crippen LogP contribution in [0.5, 0.6) is 0 Å². The maximum Gasteiger partial charge on any atom is 0.164 e. The van der Waals surface area contributed by atoms with Gasteiger partial charge in [-0.3, -0.25) is 0 Å². The van der Waals surface area contributed by atoms with E-state index in [0.717, 1.165) is 33.2 Å². The van der Waals surface area contributed by atoms with E-state index in [1.165, 1.54) is 48.8 Å². The minimum absolute atomic E-state index is 0.656. The monoisotopic (exact) mass is 693 g/mol. The fraction of sp³-hybridized carbons (Fsp3) is 0.0408. The molecule has 1 aliphatic rings. The van der Waals surface area contributed by atoms with Crippen LogP contribution in [0.1, 0.15) is 0 Å². The van der Waals surface area contributed by atoms with Gasteiger partial charge in [0, 0.05) is 16.7 Å². The number of fused-ring (bicyclic) bond motifs is 6. The van der Waals surface area contributed by atoms with Gasteiger partial charge in [0.2, 0.25) is 0 Å². The highest BCUT2D eigenvalue weighted by Crippen LogP contribution is 2.36. The van der Waals surface area contributed by atoms with E-state index in [9.17, 15) is 0 Å². The van der Waals surface area contributed by atoms with Crippen LogP contribution in [0.3, 0.4) is 0 Å². The second-order valence-corrected chi connectivity index (χ2v) is 18.8. The summed E-state index contributed by atoms with van der Waals surface area (Å²) >= 11 is 0. The molecule has 3 nitrogen and oxygen atoms in total. The Balaban J connectivity index is 1.13. The Bertz CT molecular complexity index is 2860. The third-order valence-electron chi connectivity index (χ3n) is 10.9. The van der Waals surface area contributed by atoms with Gasteiger partial charge < -0.3 is 0 Å². The topological polar surface area (TPSA) is 38.7 Å². The average Bonchev–Trinajstić information content (AvgIpc) is 3.46. The lowest BCUT2D eigenvalue weighted by Crippen LogP contribution is -2.49. The molecule has 2 heterocycles. The number of benzene rings is 8. The summed E-state index contributed by atoms with van der Waals surface area (Å²) in [6.45, 7) is 4.95. The third kappa shape index (κ3) is 5.38. The molecule has 4 heteroatoms. The van der Waals surface area contributed by atoms with E-state index in [1.807, 2.05) is 6.07 Å². The van der Waals surface area contributed by atoms with Crippen LogP contribution in [0.2, 0.25) is 13.1 Å². The maximum atomic E-state index is 5.21. The molecule has 9 aromatic rings.